The molecular weight excluding hydrogens is 210 g/mol. The van der Waals surface area contributed by atoms with Crippen LogP contribution in [0.4, 0.5) is 0 Å². The van der Waals surface area contributed by atoms with E-state index in [4.69, 9.17) is 0 Å². The van der Waals surface area contributed by atoms with Crippen LogP contribution in [0.2, 0.25) is 0 Å². The lowest BCUT2D eigenvalue weighted by Gasteiger charge is -2.18. The van der Waals surface area contributed by atoms with Gasteiger partial charge in [0.2, 0.25) is 0 Å². The molecule has 0 bridgehead atoms. The number of hydrogen-bond acceptors (Lipinski definition) is 2. The fourth-order valence-corrected chi connectivity index (χ4v) is 1.93. The summed E-state index contributed by atoms with van der Waals surface area (Å²) in [5.74, 6) is 0. The average molecular weight is 235 g/mol. The second kappa shape index (κ2) is 6.60. The normalized spacial score (nSPS) is 12.7. The van der Waals surface area contributed by atoms with Crippen molar-refractivity contribution in [2.75, 3.05) is 6.54 Å². The predicted molar refractivity (Wildman–Crippen MR) is 73.0 cm³/mol. The fourth-order valence-electron chi connectivity index (χ4n) is 1.93. The Hall–Kier alpha value is -1.09. The molecule has 3 nitrogen and oxygen atoms in total. The van der Waals surface area contributed by atoms with E-state index in [9.17, 15) is 0 Å². The van der Waals surface area contributed by atoms with E-state index in [1.54, 1.807) is 0 Å². The number of hydrogen-bond donors (Lipinski definition) is 1. The highest BCUT2D eigenvalue weighted by Gasteiger charge is 2.15. The van der Waals surface area contributed by atoms with Gasteiger partial charge in [-0.15, -0.1) is 6.58 Å². The number of aryl methyl sites for hydroxylation is 1. The lowest BCUT2D eigenvalue weighted by atomic mass is 10.0. The first kappa shape index (κ1) is 14.0. The summed E-state index contributed by atoms with van der Waals surface area (Å²) in [5, 5.41) is 7.93. The second-order valence-corrected chi connectivity index (χ2v) is 4.81. The summed E-state index contributed by atoms with van der Waals surface area (Å²) in [6.07, 6.45) is 5.31. The van der Waals surface area contributed by atoms with Crippen molar-refractivity contribution in [1.82, 2.24) is 15.1 Å². The molecule has 1 atom stereocenters. The lowest BCUT2D eigenvalue weighted by Crippen LogP contribution is -2.22. The van der Waals surface area contributed by atoms with Gasteiger partial charge in [-0.3, -0.25) is 4.68 Å². The van der Waals surface area contributed by atoms with Crippen LogP contribution in [0.1, 0.15) is 50.4 Å². The van der Waals surface area contributed by atoms with Gasteiger partial charge in [0, 0.05) is 24.3 Å². The van der Waals surface area contributed by atoms with Crippen molar-refractivity contribution < 1.29 is 0 Å². The second-order valence-electron chi connectivity index (χ2n) is 4.81. The number of nitrogens with one attached hydrogen (secondary N) is 1. The Morgan fingerprint density at radius 3 is 2.76 bits per heavy atom. The molecule has 17 heavy (non-hydrogen) atoms. The first-order chi connectivity index (χ1) is 8.06. The van der Waals surface area contributed by atoms with Crippen molar-refractivity contribution in [3.05, 3.63) is 29.6 Å². The molecule has 1 heterocycles. The van der Waals surface area contributed by atoms with Crippen molar-refractivity contribution in [1.29, 1.82) is 0 Å². The molecule has 1 unspecified atom stereocenters. The van der Waals surface area contributed by atoms with Crippen molar-refractivity contribution in [2.45, 2.75) is 46.1 Å². The average Bonchev–Trinajstić information content (AvgIpc) is 2.60. The maximum Gasteiger partial charge on any atom is 0.0540 e. The van der Waals surface area contributed by atoms with E-state index < -0.39 is 0 Å². The summed E-state index contributed by atoms with van der Waals surface area (Å²) in [6, 6.07) is 0.403. The third-order valence-electron chi connectivity index (χ3n) is 3.15. The molecule has 3 heteroatoms. The molecule has 1 rings (SSSR count). The number of rotatable bonds is 7. The Morgan fingerprint density at radius 1 is 1.59 bits per heavy atom. The van der Waals surface area contributed by atoms with Crippen LogP contribution in [0.5, 0.6) is 0 Å². The van der Waals surface area contributed by atoms with Gasteiger partial charge < -0.3 is 5.32 Å². The molecule has 0 amide bonds. The van der Waals surface area contributed by atoms with Gasteiger partial charge in [-0.05, 0) is 39.7 Å². The van der Waals surface area contributed by atoms with Crippen LogP contribution in [0.25, 0.3) is 0 Å². The molecule has 0 aliphatic carbocycles. The summed E-state index contributed by atoms with van der Waals surface area (Å²) in [4.78, 5) is 0. The van der Waals surface area contributed by atoms with Crippen LogP contribution in [0, 0.1) is 6.92 Å². The SMILES string of the molecule is C=C(C)CCC(NCCC)c1cnn(C)c1C. The van der Waals surface area contributed by atoms with Crippen LogP contribution in [-0.4, -0.2) is 16.3 Å². The van der Waals surface area contributed by atoms with E-state index >= 15 is 0 Å². The Kier molecular flexibility index (Phi) is 5.42. The Bertz CT molecular complexity index is 366. The quantitative estimate of drug-likeness (QED) is 0.736. The van der Waals surface area contributed by atoms with Gasteiger partial charge in [0.25, 0.3) is 0 Å². The van der Waals surface area contributed by atoms with E-state index in [2.05, 4.69) is 37.8 Å². The molecule has 0 saturated carbocycles. The van der Waals surface area contributed by atoms with Crippen molar-refractivity contribution in [3.63, 3.8) is 0 Å². The van der Waals surface area contributed by atoms with Crippen molar-refractivity contribution >= 4 is 0 Å². The van der Waals surface area contributed by atoms with Gasteiger partial charge in [-0.1, -0.05) is 12.5 Å². The zero-order valence-electron chi connectivity index (χ0n) is 11.6. The number of aromatic nitrogens is 2. The molecule has 1 N–H and O–H groups in total. The van der Waals surface area contributed by atoms with Crippen LogP contribution in [0.15, 0.2) is 18.3 Å². The Labute approximate surface area is 105 Å². The highest BCUT2D eigenvalue weighted by Crippen LogP contribution is 2.23. The summed E-state index contributed by atoms with van der Waals surface area (Å²) in [7, 11) is 1.99. The molecule has 0 saturated heterocycles. The maximum atomic E-state index is 4.33. The molecule has 96 valence electrons. The molecule has 1 aromatic heterocycles. The summed E-state index contributed by atoms with van der Waals surface area (Å²) in [6.45, 7) is 11.4. The minimum Gasteiger partial charge on any atom is -0.310 e. The molecular formula is C14H25N3. The number of allylic oxidation sites excluding steroid dienone is 1. The third kappa shape index (κ3) is 4.00. The molecule has 0 fully saturated rings. The van der Waals surface area contributed by atoms with Crippen LogP contribution in [-0.2, 0) is 7.05 Å². The summed E-state index contributed by atoms with van der Waals surface area (Å²) >= 11 is 0. The Morgan fingerprint density at radius 2 is 2.29 bits per heavy atom. The summed E-state index contributed by atoms with van der Waals surface area (Å²) < 4.78 is 1.94. The highest BCUT2D eigenvalue weighted by molar-refractivity contribution is 5.20. The molecule has 0 spiro atoms. The first-order valence-electron chi connectivity index (χ1n) is 6.42. The largest absolute Gasteiger partial charge is 0.310 e. The third-order valence-corrected chi connectivity index (χ3v) is 3.15. The molecule has 0 aromatic carbocycles. The van der Waals surface area contributed by atoms with Gasteiger partial charge in [0.15, 0.2) is 0 Å². The lowest BCUT2D eigenvalue weighted by molar-refractivity contribution is 0.496. The van der Waals surface area contributed by atoms with E-state index in [1.165, 1.54) is 16.8 Å². The van der Waals surface area contributed by atoms with E-state index in [0.717, 1.165) is 25.8 Å². The minimum absolute atomic E-state index is 0.403. The minimum atomic E-state index is 0.403. The zero-order chi connectivity index (χ0) is 12.8. The van der Waals surface area contributed by atoms with Crippen LogP contribution in [0.3, 0.4) is 0 Å². The van der Waals surface area contributed by atoms with Gasteiger partial charge in [0.1, 0.15) is 0 Å². The molecule has 0 aliphatic rings. The van der Waals surface area contributed by atoms with Gasteiger partial charge in [0.05, 0.1) is 6.20 Å². The van der Waals surface area contributed by atoms with E-state index in [1.807, 2.05) is 17.9 Å². The van der Waals surface area contributed by atoms with Crippen molar-refractivity contribution in [3.8, 4) is 0 Å². The highest BCUT2D eigenvalue weighted by atomic mass is 15.3. The Balaban J connectivity index is 2.74. The maximum absolute atomic E-state index is 4.33. The van der Waals surface area contributed by atoms with Gasteiger partial charge in [-0.25, -0.2) is 0 Å². The standard InChI is InChI=1S/C14H25N3/c1-6-9-15-14(8-7-11(2)3)13-10-16-17(5)12(13)4/h10,14-15H,2,6-9H2,1,3-5H3. The molecule has 0 radical (unpaired) electrons. The van der Waals surface area contributed by atoms with Crippen LogP contribution < -0.4 is 5.32 Å². The van der Waals surface area contributed by atoms with Gasteiger partial charge >= 0.3 is 0 Å². The fraction of sp³-hybridized carbons (Fsp3) is 0.643. The number of nitrogens with zero attached hydrogens (tertiary/aromatic N) is 2. The molecule has 1 aromatic rings. The zero-order valence-corrected chi connectivity index (χ0v) is 11.6. The van der Waals surface area contributed by atoms with E-state index in [0.29, 0.717) is 6.04 Å². The monoisotopic (exact) mass is 235 g/mol. The smallest absolute Gasteiger partial charge is 0.0540 e. The van der Waals surface area contributed by atoms with Crippen LogP contribution >= 0.6 is 0 Å². The predicted octanol–water partition coefficient (Wildman–Crippen LogP) is 3.13. The van der Waals surface area contributed by atoms with E-state index in [-0.39, 0.29) is 0 Å². The van der Waals surface area contributed by atoms with Crippen molar-refractivity contribution in [2.24, 2.45) is 7.05 Å². The summed E-state index contributed by atoms with van der Waals surface area (Å²) in [5.41, 5.74) is 3.82. The van der Waals surface area contributed by atoms with Gasteiger partial charge in [-0.2, -0.15) is 5.10 Å². The molecule has 0 aliphatic heterocycles. The first-order valence-corrected chi connectivity index (χ1v) is 6.42. The topological polar surface area (TPSA) is 29.9 Å².